The number of anilines is 2. The quantitative estimate of drug-likeness (QED) is 0.571. The number of amides is 2. The highest BCUT2D eigenvalue weighted by Crippen LogP contribution is 2.38. The second kappa shape index (κ2) is 7.82. The predicted molar refractivity (Wildman–Crippen MR) is 114 cm³/mol. The molecule has 0 fully saturated rings. The number of nitrogens with zero attached hydrogens (tertiary/aromatic N) is 4. The Bertz CT molecular complexity index is 1270. The van der Waals surface area contributed by atoms with Gasteiger partial charge in [0, 0.05) is 11.1 Å². The van der Waals surface area contributed by atoms with Gasteiger partial charge < -0.3 is 0 Å². The summed E-state index contributed by atoms with van der Waals surface area (Å²) < 4.78 is 27.3. The highest BCUT2D eigenvalue weighted by Gasteiger charge is 2.43. The van der Waals surface area contributed by atoms with E-state index in [1.165, 1.54) is 23.2 Å². The number of rotatable bonds is 4. The van der Waals surface area contributed by atoms with Crippen LogP contribution >= 0.6 is 11.8 Å². The molecule has 1 aromatic heterocycles. The molecule has 4 rings (SSSR count). The van der Waals surface area contributed by atoms with Gasteiger partial charge in [-0.25, -0.2) is 27.4 Å². The molecular formula is C21H16N4O3S2. The molecule has 2 aromatic carbocycles. The Balaban J connectivity index is 1.83. The van der Waals surface area contributed by atoms with Gasteiger partial charge in [0.05, 0.1) is 23.9 Å². The number of carbonyl (C=O) groups is 1. The van der Waals surface area contributed by atoms with Crippen molar-refractivity contribution >= 4 is 39.3 Å². The second-order valence-corrected chi connectivity index (χ2v) is 9.18. The SMILES string of the molecule is CSc1ccc(N2C(=O)N(Cc3cccc(C#N)c3)S(=O)(=O)c3cccnc32)cc1. The van der Waals surface area contributed by atoms with Crippen molar-refractivity contribution < 1.29 is 13.2 Å². The number of pyridine rings is 1. The number of fused-ring (bicyclic) bond motifs is 1. The van der Waals surface area contributed by atoms with Gasteiger partial charge in [-0.05, 0) is 60.4 Å². The molecule has 1 aliphatic heterocycles. The highest BCUT2D eigenvalue weighted by atomic mass is 32.2. The van der Waals surface area contributed by atoms with Crippen LogP contribution in [0.1, 0.15) is 11.1 Å². The largest absolute Gasteiger partial charge is 0.344 e. The second-order valence-electron chi connectivity index (χ2n) is 6.47. The average molecular weight is 437 g/mol. The minimum Gasteiger partial charge on any atom is -0.246 e. The number of sulfonamides is 1. The first-order chi connectivity index (χ1) is 14.5. The molecular weight excluding hydrogens is 420 g/mol. The summed E-state index contributed by atoms with van der Waals surface area (Å²) in [6, 6.07) is 18.0. The van der Waals surface area contributed by atoms with Gasteiger partial charge in [0.25, 0.3) is 10.0 Å². The first-order valence-electron chi connectivity index (χ1n) is 8.90. The Labute approximate surface area is 178 Å². The van der Waals surface area contributed by atoms with Crippen molar-refractivity contribution in [3.63, 3.8) is 0 Å². The molecule has 150 valence electrons. The molecule has 30 heavy (non-hydrogen) atoms. The lowest BCUT2D eigenvalue weighted by atomic mass is 10.1. The molecule has 9 heteroatoms. The van der Waals surface area contributed by atoms with Crippen molar-refractivity contribution in [1.82, 2.24) is 9.29 Å². The Morgan fingerprint density at radius 2 is 1.87 bits per heavy atom. The maximum Gasteiger partial charge on any atom is 0.344 e. The minimum atomic E-state index is -4.11. The number of urea groups is 1. The summed E-state index contributed by atoms with van der Waals surface area (Å²) in [5.74, 6) is 0.0708. The predicted octanol–water partition coefficient (Wildman–Crippen LogP) is 4.14. The van der Waals surface area contributed by atoms with Crippen LogP contribution in [-0.2, 0) is 16.6 Å². The lowest BCUT2D eigenvalue weighted by Gasteiger charge is -2.35. The number of aromatic nitrogens is 1. The third-order valence-electron chi connectivity index (χ3n) is 4.65. The molecule has 0 bridgehead atoms. The van der Waals surface area contributed by atoms with Gasteiger partial charge in [-0.2, -0.15) is 5.26 Å². The molecule has 0 saturated carbocycles. The van der Waals surface area contributed by atoms with E-state index in [2.05, 4.69) is 4.98 Å². The molecule has 2 amide bonds. The lowest BCUT2D eigenvalue weighted by molar-refractivity contribution is 0.229. The van der Waals surface area contributed by atoms with Gasteiger partial charge in [0.1, 0.15) is 4.90 Å². The van der Waals surface area contributed by atoms with E-state index in [-0.39, 0.29) is 17.3 Å². The van der Waals surface area contributed by atoms with Gasteiger partial charge in [0.2, 0.25) is 0 Å². The molecule has 1 aliphatic rings. The number of hydrogen-bond acceptors (Lipinski definition) is 6. The molecule has 0 atom stereocenters. The van der Waals surface area contributed by atoms with Crippen LogP contribution in [0.4, 0.5) is 16.3 Å². The smallest absolute Gasteiger partial charge is 0.246 e. The Kier molecular flexibility index (Phi) is 5.20. The third kappa shape index (κ3) is 3.40. The fourth-order valence-corrected chi connectivity index (χ4v) is 5.07. The molecule has 2 heterocycles. The van der Waals surface area contributed by atoms with Crippen molar-refractivity contribution in [2.75, 3.05) is 11.2 Å². The normalized spacial score (nSPS) is 14.9. The Hall–Kier alpha value is -3.35. The maximum atomic E-state index is 13.4. The molecule has 0 aliphatic carbocycles. The third-order valence-corrected chi connectivity index (χ3v) is 7.13. The van der Waals surface area contributed by atoms with Crippen LogP contribution in [-0.4, -0.2) is 30.0 Å². The first-order valence-corrected chi connectivity index (χ1v) is 11.6. The van der Waals surface area contributed by atoms with Crippen molar-refractivity contribution in [2.45, 2.75) is 16.3 Å². The van der Waals surface area contributed by atoms with Gasteiger partial charge in [0.15, 0.2) is 5.82 Å². The number of thioether (sulfide) groups is 1. The van der Waals surface area contributed by atoms with Crippen LogP contribution in [0.15, 0.2) is 76.7 Å². The number of hydrogen-bond donors (Lipinski definition) is 0. The zero-order chi connectivity index (χ0) is 21.3. The summed E-state index contributed by atoms with van der Waals surface area (Å²) in [5, 5.41) is 9.12. The summed E-state index contributed by atoms with van der Waals surface area (Å²) in [5.41, 5.74) is 1.44. The summed E-state index contributed by atoms with van der Waals surface area (Å²) in [7, 11) is -4.11. The fourth-order valence-electron chi connectivity index (χ4n) is 3.20. The molecule has 0 saturated heterocycles. The zero-order valence-corrected chi connectivity index (χ0v) is 17.5. The fraction of sp³-hybridized carbons (Fsp3) is 0.0952. The minimum absolute atomic E-state index is 0.0463. The van der Waals surface area contributed by atoms with E-state index in [9.17, 15) is 13.2 Å². The first kappa shape index (κ1) is 19.9. The molecule has 0 spiro atoms. The van der Waals surface area contributed by atoms with Crippen LogP contribution in [0.25, 0.3) is 0 Å². The molecule has 0 radical (unpaired) electrons. The molecule has 0 unspecified atom stereocenters. The van der Waals surface area contributed by atoms with E-state index in [1.807, 2.05) is 24.5 Å². The summed E-state index contributed by atoms with van der Waals surface area (Å²) in [6.45, 7) is -0.190. The Morgan fingerprint density at radius 3 is 2.57 bits per heavy atom. The van der Waals surface area contributed by atoms with E-state index in [1.54, 1.807) is 48.2 Å². The van der Waals surface area contributed by atoms with Crippen LogP contribution in [0.2, 0.25) is 0 Å². The molecule has 0 N–H and O–H groups in total. The van der Waals surface area contributed by atoms with E-state index >= 15 is 0 Å². The van der Waals surface area contributed by atoms with Crippen molar-refractivity contribution in [1.29, 1.82) is 5.26 Å². The topological polar surface area (TPSA) is 94.4 Å². The number of carbonyl (C=O) groups excluding carboxylic acids is 1. The average Bonchev–Trinajstić information content (AvgIpc) is 2.77. The van der Waals surface area contributed by atoms with Gasteiger partial charge in [-0.15, -0.1) is 11.8 Å². The van der Waals surface area contributed by atoms with E-state index < -0.39 is 16.1 Å². The van der Waals surface area contributed by atoms with Crippen LogP contribution in [0.3, 0.4) is 0 Å². The molecule has 7 nitrogen and oxygen atoms in total. The standard InChI is InChI=1S/C21H16N4O3S2/c1-29-18-9-7-17(8-10-18)25-20-19(6-3-11-23-20)30(27,28)24(21(25)26)14-16-5-2-4-15(12-16)13-22/h2-12H,14H2,1H3. The summed E-state index contributed by atoms with van der Waals surface area (Å²) >= 11 is 1.56. The van der Waals surface area contributed by atoms with E-state index in [0.717, 1.165) is 9.20 Å². The van der Waals surface area contributed by atoms with E-state index in [0.29, 0.717) is 16.8 Å². The lowest BCUT2D eigenvalue weighted by Crippen LogP contribution is -2.48. The summed E-state index contributed by atoms with van der Waals surface area (Å²) in [4.78, 5) is 19.8. The van der Waals surface area contributed by atoms with Gasteiger partial charge >= 0.3 is 6.03 Å². The van der Waals surface area contributed by atoms with Crippen LogP contribution < -0.4 is 4.90 Å². The maximum absolute atomic E-state index is 13.4. The zero-order valence-electron chi connectivity index (χ0n) is 15.9. The van der Waals surface area contributed by atoms with Crippen LogP contribution in [0, 0.1) is 11.3 Å². The van der Waals surface area contributed by atoms with E-state index in [4.69, 9.17) is 5.26 Å². The monoisotopic (exact) mass is 436 g/mol. The number of nitriles is 1. The number of benzene rings is 2. The van der Waals surface area contributed by atoms with Gasteiger partial charge in [-0.3, -0.25) is 0 Å². The summed E-state index contributed by atoms with van der Waals surface area (Å²) in [6.07, 6.45) is 3.40. The van der Waals surface area contributed by atoms with Crippen molar-refractivity contribution in [2.24, 2.45) is 0 Å². The van der Waals surface area contributed by atoms with Crippen molar-refractivity contribution in [3.05, 3.63) is 78.0 Å². The Morgan fingerprint density at radius 1 is 1.10 bits per heavy atom. The van der Waals surface area contributed by atoms with Crippen molar-refractivity contribution in [3.8, 4) is 6.07 Å². The molecule has 3 aromatic rings. The van der Waals surface area contributed by atoms with Crippen LogP contribution in [0.5, 0.6) is 0 Å². The highest BCUT2D eigenvalue weighted by molar-refractivity contribution is 7.98. The van der Waals surface area contributed by atoms with Gasteiger partial charge in [-0.1, -0.05) is 12.1 Å².